The van der Waals surface area contributed by atoms with E-state index in [1.807, 2.05) is 52.8 Å². The Morgan fingerprint density at radius 2 is 1.89 bits per heavy atom. The molecule has 0 aliphatic carbocycles. The molecule has 0 spiro atoms. The van der Waals surface area contributed by atoms with Gasteiger partial charge >= 0.3 is 0 Å². The standard InChI is InChI=1S/C11H13NO2.2C2H6/c1-7-2-3-10-9(6-7)8(11(12)13)4-5-14-10;2*1-2/h2-3,6,8H,4-5H2,1H3,(H2,12,13);2*1-2H3. The summed E-state index contributed by atoms with van der Waals surface area (Å²) in [7, 11) is 0. The fraction of sp³-hybridized carbons (Fsp3) is 0.533. The number of aryl methyl sites for hydroxylation is 1. The quantitative estimate of drug-likeness (QED) is 0.831. The molecule has 1 atom stereocenters. The first-order chi connectivity index (χ1) is 8.68. The lowest BCUT2D eigenvalue weighted by atomic mass is 9.91. The van der Waals surface area contributed by atoms with Crippen molar-refractivity contribution in [1.29, 1.82) is 0 Å². The van der Waals surface area contributed by atoms with Crippen molar-refractivity contribution < 1.29 is 9.53 Å². The molecule has 18 heavy (non-hydrogen) atoms. The first kappa shape index (κ1) is 16.5. The number of ether oxygens (including phenoxy) is 1. The van der Waals surface area contributed by atoms with Crippen LogP contribution in [0.15, 0.2) is 18.2 Å². The largest absolute Gasteiger partial charge is 0.493 e. The van der Waals surface area contributed by atoms with Crippen molar-refractivity contribution >= 4 is 5.91 Å². The van der Waals surface area contributed by atoms with Crippen LogP contribution in [0.1, 0.15) is 51.2 Å². The normalized spacial score (nSPS) is 15.9. The SMILES string of the molecule is CC.CC.Cc1ccc2c(c1)C(C(N)=O)CCO2. The van der Waals surface area contributed by atoms with Gasteiger partial charge in [0.1, 0.15) is 5.75 Å². The second kappa shape index (κ2) is 8.56. The number of primary amides is 1. The van der Waals surface area contributed by atoms with Crippen molar-refractivity contribution in [3.05, 3.63) is 29.3 Å². The molecule has 0 aromatic heterocycles. The van der Waals surface area contributed by atoms with E-state index in [1.54, 1.807) is 0 Å². The van der Waals surface area contributed by atoms with E-state index in [9.17, 15) is 4.79 Å². The van der Waals surface area contributed by atoms with Gasteiger partial charge in [0, 0.05) is 5.56 Å². The Kier molecular flexibility index (Phi) is 7.84. The van der Waals surface area contributed by atoms with E-state index in [-0.39, 0.29) is 11.8 Å². The summed E-state index contributed by atoms with van der Waals surface area (Å²) >= 11 is 0. The van der Waals surface area contributed by atoms with Gasteiger partial charge in [0.2, 0.25) is 5.91 Å². The summed E-state index contributed by atoms with van der Waals surface area (Å²) in [5, 5.41) is 0. The van der Waals surface area contributed by atoms with Gasteiger partial charge < -0.3 is 10.5 Å². The van der Waals surface area contributed by atoms with Crippen molar-refractivity contribution in [1.82, 2.24) is 0 Å². The van der Waals surface area contributed by atoms with Gasteiger partial charge in [-0.3, -0.25) is 4.79 Å². The Morgan fingerprint density at radius 1 is 1.28 bits per heavy atom. The highest BCUT2D eigenvalue weighted by Crippen LogP contribution is 2.33. The minimum Gasteiger partial charge on any atom is -0.493 e. The third-order valence-corrected chi connectivity index (χ3v) is 2.55. The molecule has 1 amide bonds. The lowest BCUT2D eigenvalue weighted by Crippen LogP contribution is -2.26. The van der Waals surface area contributed by atoms with Crippen LogP contribution in [0.4, 0.5) is 0 Å². The predicted molar refractivity (Wildman–Crippen MR) is 75.9 cm³/mol. The van der Waals surface area contributed by atoms with E-state index in [0.29, 0.717) is 13.0 Å². The van der Waals surface area contributed by atoms with E-state index < -0.39 is 0 Å². The van der Waals surface area contributed by atoms with Gasteiger partial charge in [-0.15, -0.1) is 0 Å². The Labute approximate surface area is 110 Å². The highest BCUT2D eigenvalue weighted by Gasteiger charge is 2.25. The molecule has 1 unspecified atom stereocenters. The average Bonchev–Trinajstić information content (AvgIpc) is 2.42. The van der Waals surface area contributed by atoms with Gasteiger partial charge in [-0.1, -0.05) is 45.4 Å². The molecule has 0 fully saturated rings. The van der Waals surface area contributed by atoms with Gasteiger partial charge in [0.25, 0.3) is 0 Å². The second-order valence-electron chi connectivity index (χ2n) is 3.63. The average molecular weight is 251 g/mol. The lowest BCUT2D eigenvalue weighted by Gasteiger charge is -2.23. The third-order valence-electron chi connectivity index (χ3n) is 2.55. The van der Waals surface area contributed by atoms with Gasteiger partial charge in [-0.2, -0.15) is 0 Å². The van der Waals surface area contributed by atoms with E-state index in [1.165, 1.54) is 0 Å². The molecule has 3 nitrogen and oxygen atoms in total. The highest BCUT2D eigenvalue weighted by molar-refractivity contribution is 5.83. The van der Waals surface area contributed by atoms with Crippen LogP contribution in [-0.4, -0.2) is 12.5 Å². The summed E-state index contributed by atoms with van der Waals surface area (Å²) < 4.78 is 5.45. The zero-order valence-electron chi connectivity index (χ0n) is 12.1. The number of hydrogen-bond donors (Lipinski definition) is 1. The van der Waals surface area contributed by atoms with Crippen LogP contribution in [0.25, 0.3) is 0 Å². The zero-order chi connectivity index (χ0) is 14.1. The number of benzene rings is 1. The van der Waals surface area contributed by atoms with Crippen LogP contribution in [0.5, 0.6) is 5.75 Å². The fourth-order valence-electron chi connectivity index (χ4n) is 1.81. The van der Waals surface area contributed by atoms with Crippen LogP contribution in [0, 0.1) is 6.92 Å². The van der Waals surface area contributed by atoms with Crippen LogP contribution < -0.4 is 10.5 Å². The maximum Gasteiger partial charge on any atom is 0.225 e. The number of nitrogens with two attached hydrogens (primary N) is 1. The van der Waals surface area contributed by atoms with Crippen molar-refractivity contribution in [3.63, 3.8) is 0 Å². The molecule has 0 radical (unpaired) electrons. The molecular formula is C15H25NO2. The van der Waals surface area contributed by atoms with Gasteiger partial charge in [0.05, 0.1) is 12.5 Å². The van der Waals surface area contributed by atoms with Gasteiger partial charge in [0.15, 0.2) is 0 Å². The lowest BCUT2D eigenvalue weighted by molar-refractivity contribution is -0.120. The zero-order valence-corrected chi connectivity index (χ0v) is 12.1. The minimum atomic E-state index is -0.264. The first-order valence-corrected chi connectivity index (χ1v) is 6.71. The smallest absolute Gasteiger partial charge is 0.225 e. The fourth-order valence-corrected chi connectivity index (χ4v) is 1.81. The second-order valence-corrected chi connectivity index (χ2v) is 3.63. The van der Waals surface area contributed by atoms with E-state index in [0.717, 1.165) is 16.9 Å². The maximum atomic E-state index is 11.2. The van der Waals surface area contributed by atoms with Crippen LogP contribution >= 0.6 is 0 Å². The Balaban J connectivity index is 0.000000659. The molecule has 102 valence electrons. The molecule has 0 saturated heterocycles. The van der Waals surface area contributed by atoms with Crippen molar-refractivity contribution in [2.24, 2.45) is 5.73 Å². The molecule has 0 saturated carbocycles. The Bertz CT molecular complexity index is 375. The molecule has 1 heterocycles. The number of fused-ring (bicyclic) bond motifs is 1. The van der Waals surface area contributed by atoms with Crippen LogP contribution in [-0.2, 0) is 4.79 Å². The van der Waals surface area contributed by atoms with Crippen LogP contribution in [0.2, 0.25) is 0 Å². The van der Waals surface area contributed by atoms with Crippen molar-refractivity contribution in [2.75, 3.05) is 6.61 Å². The molecule has 2 rings (SSSR count). The summed E-state index contributed by atoms with van der Waals surface area (Å²) in [5.74, 6) is 0.351. The number of carbonyl (C=O) groups excluding carboxylic acids is 1. The molecule has 0 bridgehead atoms. The van der Waals surface area contributed by atoms with Crippen molar-refractivity contribution in [3.8, 4) is 5.75 Å². The molecule has 1 aliphatic heterocycles. The Morgan fingerprint density at radius 3 is 2.44 bits per heavy atom. The van der Waals surface area contributed by atoms with E-state index in [2.05, 4.69) is 0 Å². The molecule has 1 aliphatic rings. The monoisotopic (exact) mass is 251 g/mol. The van der Waals surface area contributed by atoms with E-state index >= 15 is 0 Å². The van der Waals surface area contributed by atoms with Crippen molar-refractivity contribution in [2.45, 2.75) is 47.0 Å². The van der Waals surface area contributed by atoms with E-state index in [4.69, 9.17) is 10.5 Å². The summed E-state index contributed by atoms with van der Waals surface area (Å²) in [4.78, 5) is 11.2. The summed E-state index contributed by atoms with van der Waals surface area (Å²) in [6.45, 7) is 10.6. The summed E-state index contributed by atoms with van der Waals surface area (Å²) in [5.41, 5.74) is 7.40. The molecule has 1 aromatic rings. The molecule has 3 heteroatoms. The van der Waals surface area contributed by atoms with Gasteiger partial charge in [-0.25, -0.2) is 0 Å². The maximum absolute atomic E-state index is 11.2. The minimum absolute atomic E-state index is 0.182. The topological polar surface area (TPSA) is 52.3 Å². The Hall–Kier alpha value is -1.51. The summed E-state index contributed by atoms with van der Waals surface area (Å²) in [6.07, 6.45) is 0.686. The van der Waals surface area contributed by atoms with Gasteiger partial charge in [-0.05, 0) is 19.4 Å². The number of hydrogen-bond acceptors (Lipinski definition) is 2. The predicted octanol–water partition coefficient (Wildman–Crippen LogP) is 3.40. The number of carbonyl (C=O) groups is 1. The third kappa shape index (κ3) is 4.06. The molecular weight excluding hydrogens is 226 g/mol. The summed E-state index contributed by atoms with van der Waals surface area (Å²) in [6, 6.07) is 5.85. The van der Waals surface area contributed by atoms with Crippen LogP contribution in [0.3, 0.4) is 0 Å². The molecule has 1 aromatic carbocycles. The molecule has 2 N–H and O–H groups in total. The highest BCUT2D eigenvalue weighted by atomic mass is 16.5. The number of amides is 1. The number of rotatable bonds is 1. The first-order valence-electron chi connectivity index (χ1n) is 6.71.